The predicted molar refractivity (Wildman–Crippen MR) is 37.8 cm³/mol. The van der Waals surface area contributed by atoms with Crippen LogP contribution in [0.5, 0.6) is 5.88 Å². The maximum absolute atomic E-state index is 11.6. The van der Waals surface area contributed by atoms with E-state index in [1.807, 2.05) is 0 Å². The third-order valence-corrected chi connectivity index (χ3v) is 1.17. The van der Waals surface area contributed by atoms with E-state index in [0.717, 1.165) is 0 Å². The SMILES string of the molecule is Cc1ncc(OCF)nc1N. The largest absolute Gasteiger partial charge is 0.445 e. The molecule has 1 aromatic heterocycles. The van der Waals surface area contributed by atoms with Crippen LogP contribution in [-0.4, -0.2) is 16.8 Å². The third-order valence-electron chi connectivity index (χ3n) is 1.17. The average Bonchev–Trinajstić information content (AvgIpc) is 1.98. The van der Waals surface area contributed by atoms with Crippen molar-refractivity contribution >= 4 is 5.82 Å². The van der Waals surface area contributed by atoms with Crippen LogP contribution in [0.1, 0.15) is 5.69 Å². The van der Waals surface area contributed by atoms with Crippen molar-refractivity contribution in [1.29, 1.82) is 0 Å². The van der Waals surface area contributed by atoms with Crippen molar-refractivity contribution in [3.8, 4) is 5.88 Å². The van der Waals surface area contributed by atoms with Gasteiger partial charge in [-0.3, -0.25) is 4.98 Å². The van der Waals surface area contributed by atoms with Gasteiger partial charge in [-0.15, -0.1) is 0 Å². The van der Waals surface area contributed by atoms with Gasteiger partial charge in [-0.25, -0.2) is 4.39 Å². The number of aromatic nitrogens is 2. The quantitative estimate of drug-likeness (QED) is 0.685. The smallest absolute Gasteiger partial charge is 0.236 e. The summed E-state index contributed by atoms with van der Waals surface area (Å²) in [5.74, 6) is 0.367. The first-order chi connectivity index (χ1) is 5.24. The number of alkyl halides is 1. The molecule has 0 spiro atoms. The molecule has 0 atom stereocenters. The van der Waals surface area contributed by atoms with Crippen molar-refractivity contribution in [2.45, 2.75) is 6.92 Å². The fraction of sp³-hybridized carbons (Fsp3) is 0.333. The van der Waals surface area contributed by atoms with Crippen molar-refractivity contribution in [3.63, 3.8) is 0 Å². The van der Waals surface area contributed by atoms with Gasteiger partial charge in [0.2, 0.25) is 12.7 Å². The van der Waals surface area contributed by atoms with Gasteiger partial charge in [-0.05, 0) is 6.92 Å². The standard InChI is InChI=1S/C6H8FN3O/c1-4-6(8)10-5(2-9-4)11-3-7/h2H,3H2,1H3,(H2,8,10). The molecule has 0 aliphatic heterocycles. The minimum atomic E-state index is -0.919. The molecular weight excluding hydrogens is 149 g/mol. The first-order valence-electron chi connectivity index (χ1n) is 3.02. The summed E-state index contributed by atoms with van der Waals surface area (Å²) in [5.41, 5.74) is 5.98. The minimum Gasteiger partial charge on any atom is -0.445 e. The molecule has 0 amide bonds. The Morgan fingerprint density at radius 3 is 3.00 bits per heavy atom. The third kappa shape index (κ3) is 1.76. The van der Waals surface area contributed by atoms with E-state index in [1.165, 1.54) is 6.20 Å². The zero-order valence-corrected chi connectivity index (χ0v) is 6.04. The summed E-state index contributed by atoms with van der Waals surface area (Å²) in [6.45, 7) is 0.790. The zero-order valence-electron chi connectivity index (χ0n) is 6.04. The van der Waals surface area contributed by atoms with Crippen LogP contribution in [0.4, 0.5) is 10.2 Å². The van der Waals surface area contributed by atoms with E-state index in [0.29, 0.717) is 5.69 Å². The molecule has 1 heterocycles. The number of hydrogen-bond donors (Lipinski definition) is 1. The first-order valence-corrected chi connectivity index (χ1v) is 3.02. The Bertz CT molecular complexity index is 254. The zero-order chi connectivity index (χ0) is 8.27. The minimum absolute atomic E-state index is 0.107. The second-order valence-electron chi connectivity index (χ2n) is 1.93. The normalized spacial score (nSPS) is 9.64. The van der Waals surface area contributed by atoms with E-state index < -0.39 is 6.86 Å². The highest BCUT2D eigenvalue weighted by Crippen LogP contribution is 2.09. The molecule has 5 heteroatoms. The Balaban J connectivity index is 2.86. The van der Waals surface area contributed by atoms with Crippen LogP contribution in [0.2, 0.25) is 0 Å². The van der Waals surface area contributed by atoms with Gasteiger partial charge in [0, 0.05) is 0 Å². The summed E-state index contributed by atoms with van der Waals surface area (Å²) in [7, 11) is 0. The fourth-order valence-electron chi connectivity index (χ4n) is 0.572. The lowest BCUT2D eigenvalue weighted by Crippen LogP contribution is -2.00. The van der Waals surface area contributed by atoms with Gasteiger partial charge in [-0.2, -0.15) is 4.98 Å². The molecule has 60 valence electrons. The Morgan fingerprint density at radius 1 is 1.73 bits per heavy atom. The van der Waals surface area contributed by atoms with Gasteiger partial charge in [0.15, 0.2) is 0 Å². The number of ether oxygens (including phenoxy) is 1. The molecule has 0 aromatic carbocycles. The number of aryl methyl sites for hydroxylation is 1. The van der Waals surface area contributed by atoms with Gasteiger partial charge in [0.25, 0.3) is 0 Å². The van der Waals surface area contributed by atoms with Gasteiger partial charge < -0.3 is 10.5 Å². The van der Waals surface area contributed by atoms with E-state index in [1.54, 1.807) is 6.92 Å². The van der Waals surface area contributed by atoms with Crippen LogP contribution in [0.15, 0.2) is 6.20 Å². The highest BCUT2D eigenvalue weighted by Gasteiger charge is 1.99. The molecule has 0 unspecified atom stereocenters. The molecule has 0 bridgehead atoms. The van der Waals surface area contributed by atoms with Crippen molar-refractivity contribution < 1.29 is 9.13 Å². The summed E-state index contributed by atoms with van der Waals surface area (Å²) in [5, 5.41) is 0. The number of anilines is 1. The van der Waals surface area contributed by atoms with Crippen LogP contribution in [0, 0.1) is 6.92 Å². The summed E-state index contributed by atoms with van der Waals surface area (Å²) in [6, 6.07) is 0. The lowest BCUT2D eigenvalue weighted by Gasteiger charge is -2.01. The lowest BCUT2D eigenvalue weighted by molar-refractivity contribution is 0.184. The first kappa shape index (κ1) is 7.71. The Hall–Kier alpha value is -1.39. The van der Waals surface area contributed by atoms with Crippen molar-refractivity contribution in [2.24, 2.45) is 0 Å². The number of nitrogens with two attached hydrogens (primary N) is 1. The predicted octanol–water partition coefficient (Wildman–Crippen LogP) is 0.673. The topological polar surface area (TPSA) is 61.0 Å². The van der Waals surface area contributed by atoms with Crippen LogP contribution in [0.3, 0.4) is 0 Å². The lowest BCUT2D eigenvalue weighted by atomic mass is 10.5. The van der Waals surface area contributed by atoms with Gasteiger partial charge >= 0.3 is 0 Å². The van der Waals surface area contributed by atoms with Crippen molar-refractivity contribution in [2.75, 3.05) is 12.6 Å². The summed E-state index contributed by atoms with van der Waals surface area (Å²) >= 11 is 0. The van der Waals surface area contributed by atoms with E-state index in [9.17, 15) is 4.39 Å². The number of hydrogen-bond acceptors (Lipinski definition) is 4. The van der Waals surface area contributed by atoms with E-state index in [2.05, 4.69) is 14.7 Å². The second kappa shape index (κ2) is 3.14. The van der Waals surface area contributed by atoms with Gasteiger partial charge in [-0.1, -0.05) is 0 Å². The van der Waals surface area contributed by atoms with Crippen molar-refractivity contribution in [3.05, 3.63) is 11.9 Å². The van der Waals surface area contributed by atoms with Crippen LogP contribution >= 0.6 is 0 Å². The molecule has 2 N–H and O–H groups in total. The molecule has 1 rings (SSSR count). The average molecular weight is 157 g/mol. The second-order valence-corrected chi connectivity index (χ2v) is 1.93. The molecule has 0 fully saturated rings. The molecule has 4 nitrogen and oxygen atoms in total. The molecule has 1 aromatic rings. The Morgan fingerprint density at radius 2 is 2.45 bits per heavy atom. The molecule has 0 radical (unpaired) electrons. The monoisotopic (exact) mass is 157 g/mol. The van der Waals surface area contributed by atoms with Crippen LogP contribution in [0.25, 0.3) is 0 Å². The van der Waals surface area contributed by atoms with Gasteiger partial charge in [0.1, 0.15) is 5.82 Å². The highest BCUT2D eigenvalue weighted by molar-refractivity contribution is 5.34. The maximum atomic E-state index is 11.6. The molecular formula is C6H8FN3O. The number of rotatable bonds is 2. The van der Waals surface area contributed by atoms with E-state index in [4.69, 9.17) is 5.73 Å². The molecule has 0 saturated carbocycles. The fourth-order valence-corrected chi connectivity index (χ4v) is 0.572. The van der Waals surface area contributed by atoms with Crippen LogP contribution < -0.4 is 10.5 Å². The van der Waals surface area contributed by atoms with Crippen molar-refractivity contribution in [1.82, 2.24) is 9.97 Å². The number of nitrogens with zero attached hydrogens (tertiary/aromatic N) is 2. The number of nitrogen functional groups attached to an aromatic ring is 1. The van der Waals surface area contributed by atoms with Gasteiger partial charge in [0.05, 0.1) is 11.9 Å². The Kier molecular flexibility index (Phi) is 2.20. The Labute approximate surface area is 63.2 Å². The number of halogens is 1. The van der Waals surface area contributed by atoms with Crippen LogP contribution in [-0.2, 0) is 0 Å². The molecule has 11 heavy (non-hydrogen) atoms. The summed E-state index contributed by atoms with van der Waals surface area (Å²) in [4.78, 5) is 7.53. The van der Waals surface area contributed by atoms with E-state index >= 15 is 0 Å². The summed E-state index contributed by atoms with van der Waals surface area (Å²) in [6.07, 6.45) is 1.32. The molecule has 0 aliphatic rings. The highest BCUT2D eigenvalue weighted by atomic mass is 19.1. The summed E-state index contributed by atoms with van der Waals surface area (Å²) < 4.78 is 16.0. The molecule has 0 aliphatic carbocycles. The maximum Gasteiger partial charge on any atom is 0.236 e. The van der Waals surface area contributed by atoms with E-state index in [-0.39, 0.29) is 11.7 Å². The molecule has 0 saturated heterocycles.